The summed E-state index contributed by atoms with van der Waals surface area (Å²) in [4.78, 5) is 0. The molecule has 2 bridgehead atoms. The van der Waals surface area contributed by atoms with Gasteiger partial charge in [-0.05, 0) is 38.5 Å². The number of hydrogen-bond donors (Lipinski definition) is 2. The molecule has 0 aromatic carbocycles. The maximum absolute atomic E-state index is 9.93. The fourth-order valence-corrected chi connectivity index (χ4v) is 3.21. The van der Waals surface area contributed by atoms with Crippen molar-refractivity contribution in [2.45, 2.75) is 76.9 Å². The quantitative estimate of drug-likeness (QED) is 0.705. The van der Waals surface area contributed by atoms with Crippen molar-refractivity contribution in [3.63, 3.8) is 0 Å². The molecule has 0 amide bonds. The molecule has 4 heteroatoms. The third kappa shape index (κ3) is 4.71. The molecule has 2 aliphatic heterocycles. The van der Waals surface area contributed by atoms with E-state index in [0.717, 1.165) is 12.8 Å². The summed E-state index contributed by atoms with van der Waals surface area (Å²) in [6.07, 6.45) is 5.15. The minimum absolute atomic E-state index is 0.223. The van der Waals surface area contributed by atoms with E-state index in [1.54, 1.807) is 0 Å². The van der Waals surface area contributed by atoms with Crippen LogP contribution in [0.4, 0.5) is 0 Å². The summed E-state index contributed by atoms with van der Waals surface area (Å²) < 4.78 is 11.5. The van der Waals surface area contributed by atoms with E-state index in [9.17, 15) is 5.11 Å². The zero-order valence-corrected chi connectivity index (χ0v) is 12.5. The van der Waals surface area contributed by atoms with Crippen molar-refractivity contribution < 1.29 is 14.6 Å². The number of aliphatic hydroxyl groups is 1. The first-order valence-corrected chi connectivity index (χ1v) is 7.73. The molecule has 2 heterocycles. The standard InChI is InChI=1S/C15H29NO3/c1-10(2)6-11(3)18-9-12(17)8-16-14-7-13-4-5-15(14)19-13/h10-17H,4-9H2,1-3H3. The van der Waals surface area contributed by atoms with Crippen LogP contribution in [-0.4, -0.2) is 48.7 Å². The first-order chi connectivity index (χ1) is 9.04. The van der Waals surface area contributed by atoms with Crippen LogP contribution in [0.3, 0.4) is 0 Å². The van der Waals surface area contributed by atoms with Crippen LogP contribution in [0, 0.1) is 5.92 Å². The second-order valence-electron chi connectivity index (χ2n) is 6.55. The van der Waals surface area contributed by atoms with Crippen LogP contribution in [0.25, 0.3) is 0 Å². The van der Waals surface area contributed by atoms with Gasteiger partial charge >= 0.3 is 0 Å². The van der Waals surface area contributed by atoms with E-state index in [4.69, 9.17) is 9.47 Å². The number of hydrogen-bond acceptors (Lipinski definition) is 4. The van der Waals surface area contributed by atoms with Crippen LogP contribution >= 0.6 is 0 Å². The average Bonchev–Trinajstić information content (AvgIpc) is 2.95. The second-order valence-corrected chi connectivity index (χ2v) is 6.55. The Labute approximate surface area is 116 Å². The van der Waals surface area contributed by atoms with Gasteiger partial charge in [0.05, 0.1) is 31.0 Å². The van der Waals surface area contributed by atoms with Gasteiger partial charge in [0.25, 0.3) is 0 Å². The highest BCUT2D eigenvalue weighted by Gasteiger charge is 2.40. The van der Waals surface area contributed by atoms with Crippen molar-refractivity contribution in [3.8, 4) is 0 Å². The van der Waals surface area contributed by atoms with E-state index in [-0.39, 0.29) is 6.10 Å². The highest BCUT2D eigenvalue weighted by atomic mass is 16.5. The van der Waals surface area contributed by atoms with Crippen molar-refractivity contribution in [1.29, 1.82) is 0 Å². The monoisotopic (exact) mass is 271 g/mol. The molecule has 112 valence electrons. The summed E-state index contributed by atoms with van der Waals surface area (Å²) >= 11 is 0. The van der Waals surface area contributed by atoms with E-state index in [1.807, 2.05) is 0 Å². The van der Waals surface area contributed by atoms with Crippen molar-refractivity contribution >= 4 is 0 Å². The molecule has 0 aromatic rings. The minimum Gasteiger partial charge on any atom is -0.389 e. The fraction of sp³-hybridized carbons (Fsp3) is 1.00. The minimum atomic E-state index is -0.422. The Morgan fingerprint density at radius 2 is 2.11 bits per heavy atom. The second kappa shape index (κ2) is 7.02. The summed E-state index contributed by atoms with van der Waals surface area (Å²) in [7, 11) is 0. The van der Waals surface area contributed by atoms with Crippen molar-refractivity contribution in [2.24, 2.45) is 5.92 Å². The van der Waals surface area contributed by atoms with Crippen LogP contribution < -0.4 is 5.32 Å². The molecule has 2 rings (SSSR count). The lowest BCUT2D eigenvalue weighted by atomic mass is 9.95. The number of ether oxygens (including phenoxy) is 2. The van der Waals surface area contributed by atoms with Gasteiger partial charge in [-0.1, -0.05) is 13.8 Å². The molecule has 19 heavy (non-hydrogen) atoms. The summed E-state index contributed by atoms with van der Waals surface area (Å²) in [6.45, 7) is 7.47. The van der Waals surface area contributed by atoms with Crippen LogP contribution in [0.2, 0.25) is 0 Å². The highest BCUT2D eigenvalue weighted by molar-refractivity contribution is 4.94. The topological polar surface area (TPSA) is 50.7 Å². The van der Waals surface area contributed by atoms with Gasteiger partial charge in [-0.15, -0.1) is 0 Å². The van der Waals surface area contributed by atoms with E-state index < -0.39 is 6.10 Å². The maximum Gasteiger partial charge on any atom is 0.0897 e. The molecule has 2 aliphatic rings. The Kier molecular flexibility index (Phi) is 5.63. The van der Waals surface area contributed by atoms with Crippen LogP contribution in [0.5, 0.6) is 0 Å². The summed E-state index contributed by atoms with van der Waals surface area (Å²) in [5.41, 5.74) is 0. The molecule has 2 saturated heterocycles. The third-order valence-corrected chi connectivity index (χ3v) is 4.10. The van der Waals surface area contributed by atoms with Crippen molar-refractivity contribution in [2.75, 3.05) is 13.2 Å². The van der Waals surface area contributed by atoms with Gasteiger partial charge < -0.3 is 19.9 Å². The van der Waals surface area contributed by atoms with Crippen LogP contribution in [-0.2, 0) is 9.47 Å². The van der Waals surface area contributed by atoms with E-state index in [1.165, 1.54) is 12.8 Å². The Morgan fingerprint density at radius 1 is 1.32 bits per heavy atom. The lowest BCUT2D eigenvalue weighted by Gasteiger charge is -2.23. The van der Waals surface area contributed by atoms with Gasteiger partial charge in [0.2, 0.25) is 0 Å². The van der Waals surface area contributed by atoms with E-state index in [2.05, 4.69) is 26.1 Å². The smallest absolute Gasteiger partial charge is 0.0897 e. The summed E-state index contributed by atoms with van der Waals surface area (Å²) in [5, 5.41) is 13.4. The van der Waals surface area contributed by atoms with Crippen molar-refractivity contribution in [1.82, 2.24) is 5.32 Å². The SMILES string of the molecule is CC(C)CC(C)OCC(O)CNC1CC2CCC1O2. The molecule has 5 unspecified atom stereocenters. The first-order valence-electron chi connectivity index (χ1n) is 7.73. The predicted octanol–water partition coefficient (Wildman–Crippen LogP) is 1.71. The largest absolute Gasteiger partial charge is 0.389 e. The molecule has 0 aromatic heterocycles. The first kappa shape index (κ1) is 15.2. The Balaban J connectivity index is 1.56. The molecular formula is C15H29NO3. The lowest BCUT2D eigenvalue weighted by Crippen LogP contribution is -2.42. The third-order valence-electron chi connectivity index (χ3n) is 4.10. The van der Waals surface area contributed by atoms with Crippen LogP contribution in [0.15, 0.2) is 0 Å². The molecule has 0 spiro atoms. The number of rotatable bonds is 8. The van der Waals surface area contributed by atoms with Gasteiger partial charge in [0, 0.05) is 12.6 Å². The zero-order chi connectivity index (χ0) is 13.8. The Morgan fingerprint density at radius 3 is 2.68 bits per heavy atom. The molecule has 0 saturated carbocycles. The Bertz CT molecular complexity index is 272. The number of aliphatic hydroxyl groups excluding tert-OH is 1. The van der Waals surface area contributed by atoms with Crippen molar-refractivity contribution in [3.05, 3.63) is 0 Å². The lowest BCUT2D eigenvalue weighted by molar-refractivity contribution is -0.0100. The van der Waals surface area contributed by atoms with Crippen LogP contribution in [0.1, 0.15) is 46.5 Å². The van der Waals surface area contributed by atoms with Gasteiger partial charge in [-0.25, -0.2) is 0 Å². The van der Waals surface area contributed by atoms with E-state index in [0.29, 0.717) is 37.3 Å². The summed E-state index contributed by atoms with van der Waals surface area (Å²) in [5.74, 6) is 0.636. The maximum atomic E-state index is 9.93. The number of nitrogens with one attached hydrogen (secondary N) is 1. The Hall–Kier alpha value is -0.160. The number of fused-ring (bicyclic) bond motifs is 2. The van der Waals surface area contributed by atoms with Gasteiger partial charge in [0.15, 0.2) is 0 Å². The molecule has 2 fully saturated rings. The normalized spacial score (nSPS) is 33.0. The molecule has 0 radical (unpaired) electrons. The summed E-state index contributed by atoms with van der Waals surface area (Å²) in [6, 6.07) is 0.432. The molecule has 5 atom stereocenters. The van der Waals surface area contributed by atoms with Gasteiger partial charge in [0.1, 0.15) is 0 Å². The average molecular weight is 271 g/mol. The molecule has 0 aliphatic carbocycles. The molecule has 4 nitrogen and oxygen atoms in total. The predicted molar refractivity (Wildman–Crippen MR) is 75.2 cm³/mol. The molecule has 2 N–H and O–H groups in total. The zero-order valence-electron chi connectivity index (χ0n) is 12.5. The van der Waals surface area contributed by atoms with Gasteiger partial charge in [-0.3, -0.25) is 0 Å². The highest BCUT2D eigenvalue weighted by Crippen LogP contribution is 2.34. The fourth-order valence-electron chi connectivity index (χ4n) is 3.21. The van der Waals surface area contributed by atoms with E-state index >= 15 is 0 Å². The van der Waals surface area contributed by atoms with Gasteiger partial charge in [-0.2, -0.15) is 0 Å². The molecular weight excluding hydrogens is 242 g/mol.